The Kier molecular flexibility index (Phi) is 5.60. The van der Waals surface area contributed by atoms with Crippen molar-refractivity contribution in [2.24, 2.45) is 5.41 Å². The molecular formula is C13H21N3S. The first-order valence-electron chi connectivity index (χ1n) is 6.07. The van der Waals surface area contributed by atoms with Crippen LogP contribution in [0.2, 0.25) is 0 Å². The highest BCUT2D eigenvalue weighted by molar-refractivity contribution is 7.11. The fourth-order valence-electron chi connectivity index (χ4n) is 1.57. The zero-order valence-electron chi connectivity index (χ0n) is 10.9. The highest BCUT2D eigenvalue weighted by atomic mass is 32.1. The molecule has 1 N–H and O–H groups in total. The third kappa shape index (κ3) is 5.81. The van der Waals surface area contributed by atoms with Gasteiger partial charge in [-0.25, -0.2) is 4.98 Å². The van der Waals surface area contributed by atoms with Crippen molar-refractivity contribution in [2.45, 2.75) is 46.6 Å². The Labute approximate surface area is 108 Å². The Balaban J connectivity index is 2.04. The largest absolute Gasteiger partial charge is 0.312 e. The van der Waals surface area contributed by atoms with Gasteiger partial charge in [-0.3, -0.25) is 0 Å². The van der Waals surface area contributed by atoms with E-state index in [0.717, 1.165) is 37.4 Å². The average molecular weight is 251 g/mol. The van der Waals surface area contributed by atoms with Gasteiger partial charge in [-0.05, 0) is 40.2 Å². The lowest BCUT2D eigenvalue weighted by Gasteiger charge is -2.14. The van der Waals surface area contributed by atoms with Crippen molar-refractivity contribution < 1.29 is 0 Å². The second kappa shape index (κ2) is 6.73. The smallest absolute Gasteiger partial charge is 0.0897 e. The number of thiazole rings is 1. The number of nitriles is 1. The van der Waals surface area contributed by atoms with E-state index in [4.69, 9.17) is 5.26 Å². The highest BCUT2D eigenvalue weighted by Gasteiger charge is 2.15. The number of rotatable bonds is 7. The Morgan fingerprint density at radius 2 is 2.24 bits per heavy atom. The molecule has 0 aromatic carbocycles. The second-order valence-corrected chi connectivity index (χ2v) is 6.29. The van der Waals surface area contributed by atoms with Gasteiger partial charge in [0.25, 0.3) is 0 Å². The molecule has 0 aliphatic heterocycles. The molecule has 1 rings (SSSR count). The topological polar surface area (TPSA) is 48.7 Å². The van der Waals surface area contributed by atoms with E-state index in [9.17, 15) is 0 Å². The normalized spacial score (nSPS) is 11.4. The van der Waals surface area contributed by atoms with Crippen LogP contribution in [0.25, 0.3) is 0 Å². The summed E-state index contributed by atoms with van der Waals surface area (Å²) in [5, 5.41) is 13.4. The molecule has 0 spiro atoms. The third-order valence-corrected chi connectivity index (χ3v) is 3.59. The number of hydrogen-bond donors (Lipinski definition) is 1. The number of nitrogens with one attached hydrogen (secondary N) is 1. The highest BCUT2D eigenvalue weighted by Crippen LogP contribution is 2.21. The summed E-state index contributed by atoms with van der Waals surface area (Å²) in [5.41, 5.74) is -0.172. The van der Waals surface area contributed by atoms with Crippen molar-refractivity contribution >= 4 is 11.3 Å². The summed E-state index contributed by atoms with van der Waals surface area (Å²) < 4.78 is 0. The summed E-state index contributed by atoms with van der Waals surface area (Å²) in [6.07, 6.45) is 5.15. The van der Waals surface area contributed by atoms with Crippen LogP contribution < -0.4 is 5.32 Å². The molecule has 0 saturated heterocycles. The monoisotopic (exact) mass is 251 g/mol. The van der Waals surface area contributed by atoms with Gasteiger partial charge in [0.1, 0.15) is 0 Å². The second-order valence-electron chi connectivity index (χ2n) is 4.98. The molecule has 0 saturated carbocycles. The number of unbranched alkanes of at least 4 members (excludes halogenated alkanes) is 1. The lowest BCUT2D eigenvalue weighted by atomic mass is 9.89. The van der Waals surface area contributed by atoms with Gasteiger partial charge < -0.3 is 5.32 Å². The van der Waals surface area contributed by atoms with Crippen LogP contribution in [0, 0.1) is 23.7 Å². The van der Waals surface area contributed by atoms with Crippen molar-refractivity contribution in [1.29, 1.82) is 5.26 Å². The lowest BCUT2D eigenvalue weighted by molar-refractivity contribution is 0.422. The molecule has 1 aromatic heterocycles. The fraction of sp³-hybridized carbons (Fsp3) is 0.692. The van der Waals surface area contributed by atoms with Crippen molar-refractivity contribution in [3.8, 4) is 6.07 Å². The number of hydrogen-bond acceptors (Lipinski definition) is 4. The first-order chi connectivity index (χ1) is 8.03. The molecule has 0 bridgehead atoms. The van der Waals surface area contributed by atoms with Crippen LogP contribution in [0.3, 0.4) is 0 Å². The van der Waals surface area contributed by atoms with E-state index in [-0.39, 0.29) is 5.41 Å². The van der Waals surface area contributed by atoms with Gasteiger partial charge >= 0.3 is 0 Å². The maximum absolute atomic E-state index is 8.88. The first kappa shape index (κ1) is 14.1. The minimum Gasteiger partial charge on any atom is -0.312 e. The number of aryl methyl sites for hydroxylation is 1. The quantitative estimate of drug-likeness (QED) is 0.757. The van der Waals surface area contributed by atoms with E-state index >= 15 is 0 Å². The van der Waals surface area contributed by atoms with Crippen molar-refractivity contribution in [1.82, 2.24) is 10.3 Å². The molecule has 1 heterocycles. The number of nitrogens with zero attached hydrogens (tertiary/aromatic N) is 2. The van der Waals surface area contributed by atoms with Crippen LogP contribution >= 0.6 is 11.3 Å². The Hall–Kier alpha value is -0.920. The van der Waals surface area contributed by atoms with E-state index in [0.29, 0.717) is 0 Å². The lowest BCUT2D eigenvalue weighted by Crippen LogP contribution is -2.15. The molecule has 0 radical (unpaired) electrons. The third-order valence-electron chi connectivity index (χ3n) is 2.68. The van der Waals surface area contributed by atoms with Gasteiger partial charge in [-0.15, -0.1) is 11.3 Å². The van der Waals surface area contributed by atoms with Gasteiger partial charge in [0.2, 0.25) is 0 Å². The SMILES string of the molecule is Cc1ncc(CNCCCCC(C)(C)C#N)s1. The zero-order chi connectivity index (χ0) is 12.7. The first-order valence-corrected chi connectivity index (χ1v) is 6.88. The van der Waals surface area contributed by atoms with Crippen LogP contribution in [0.5, 0.6) is 0 Å². The Morgan fingerprint density at radius 1 is 1.47 bits per heavy atom. The van der Waals surface area contributed by atoms with Crippen LogP contribution in [-0.4, -0.2) is 11.5 Å². The van der Waals surface area contributed by atoms with E-state index < -0.39 is 0 Å². The van der Waals surface area contributed by atoms with Crippen molar-refractivity contribution in [3.63, 3.8) is 0 Å². The molecule has 1 aromatic rings. The van der Waals surface area contributed by atoms with Crippen LogP contribution in [-0.2, 0) is 6.54 Å². The molecule has 0 unspecified atom stereocenters. The summed E-state index contributed by atoms with van der Waals surface area (Å²) in [7, 11) is 0. The summed E-state index contributed by atoms with van der Waals surface area (Å²) in [6, 6.07) is 2.33. The average Bonchev–Trinajstić information content (AvgIpc) is 2.69. The van der Waals surface area contributed by atoms with Crippen molar-refractivity contribution in [2.75, 3.05) is 6.54 Å². The van der Waals surface area contributed by atoms with Gasteiger partial charge in [0, 0.05) is 17.6 Å². The minimum absolute atomic E-state index is 0.172. The molecule has 17 heavy (non-hydrogen) atoms. The molecule has 0 fully saturated rings. The molecule has 0 amide bonds. The predicted molar refractivity (Wildman–Crippen MR) is 71.8 cm³/mol. The molecule has 0 aliphatic carbocycles. The van der Waals surface area contributed by atoms with Gasteiger partial charge in [-0.2, -0.15) is 5.26 Å². The molecular weight excluding hydrogens is 230 g/mol. The number of aromatic nitrogens is 1. The Morgan fingerprint density at radius 3 is 2.82 bits per heavy atom. The Bertz CT molecular complexity index is 376. The van der Waals surface area contributed by atoms with Crippen LogP contribution in [0.15, 0.2) is 6.20 Å². The predicted octanol–water partition coefficient (Wildman–Crippen LogP) is 3.26. The molecule has 94 valence electrons. The zero-order valence-corrected chi connectivity index (χ0v) is 11.7. The summed E-state index contributed by atoms with van der Waals surface area (Å²) in [4.78, 5) is 5.51. The summed E-state index contributed by atoms with van der Waals surface area (Å²) >= 11 is 1.74. The maximum atomic E-state index is 8.88. The maximum Gasteiger partial charge on any atom is 0.0897 e. The van der Waals surface area contributed by atoms with E-state index in [2.05, 4.69) is 16.4 Å². The van der Waals surface area contributed by atoms with Gasteiger partial charge in [-0.1, -0.05) is 6.42 Å². The summed E-state index contributed by atoms with van der Waals surface area (Å²) in [6.45, 7) is 7.95. The van der Waals surface area contributed by atoms with E-state index in [1.807, 2.05) is 27.0 Å². The summed E-state index contributed by atoms with van der Waals surface area (Å²) in [5.74, 6) is 0. The molecule has 3 nitrogen and oxygen atoms in total. The molecule has 4 heteroatoms. The fourth-order valence-corrected chi connectivity index (χ4v) is 2.34. The van der Waals surface area contributed by atoms with Crippen molar-refractivity contribution in [3.05, 3.63) is 16.1 Å². The van der Waals surface area contributed by atoms with Crippen LogP contribution in [0.4, 0.5) is 0 Å². The molecule has 0 aliphatic rings. The van der Waals surface area contributed by atoms with E-state index in [1.165, 1.54) is 4.88 Å². The standard InChI is InChI=1S/C13H21N3S/c1-11-16-9-12(17-11)8-15-7-5-4-6-13(2,3)10-14/h9,15H,4-8H2,1-3H3. The van der Waals surface area contributed by atoms with Gasteiger partial charge in [0.15, 0.2) is 0 Å². The molecule has 0 atom stereocenters. The van der Waals surface area contributed by atoms with E-state index in [1.54, 1.807) is 11.3 Å². The van der Waals surface area contributed by atoms with Crippen LogP contribution in [0.1, 0.15) is 43.0 Å². The van der Waals surface area contributed by atoms with Gasteiger partial charge in [0.05, 0.1) is 16.5 Å². The minimum atomic E-state index is -0.172.